The van der Waals surface area contributed by atoms with Gasteiger partial charge in [-0.15, -0.1) is 0 Å². The highest BCUT2D eigenvalue weighted by Crippen LogP contribution is 2.56. The number of aromatic nitrogens is 1. The Morgan fingerprint density at radius 1 is 0.302 bits per heavy atom. The number of benzene rings is 10. The van der Waals surface area contributed by atoms with Gasteiger partial charge in [0.1, 0.15) is 0 Å². The molecule has 3 aliphatic carbocycles. The number of hydrogen-bond donors (Lipinski definition) is 0. The standard InChI is InChI=1S/C102H118BN3/c1-97(2,3)73-46-51-88-84(62-73)85-63-74(98(4,5)6)47-52-89(85)104(88)79-48-49-86-91(64-79)106(96-82(67-37-27-21-28-38-67)43-32-44-83(96)68-39-29-22-30-40-68)93-59-72(71-55-77(101(13,14)15)61-78(56-71)102(16,17)18)58-92-94(93)103(86)87-57-69(70-53-75(99(7,8)9)60-76(54-70)100(10,11)12)45-50-90(87)105(92)95-80(65-33-23-19-24-34-65)41-31-42-81(95)66-35-25-20-26-36-66/h21-22,27-30,32,37-40,43-66,80-81,95H,19-20,23-26,31,33-36,41-42H2,1-18H3. The van der Waals surface area contributed by atoms with E-state index in [9.17, 15) is 0 Å². The third-order valence-electron chi connectivity index (χ3n) is 26.0. The molecule has 0 saturated heterocycles. The van der Waals surface area contributed by atoms with Gasteiger partial charge in [-0.25, -0.2) is 0 Å². The van der Waals surface area contributed by atoms with E-state index in [1.807, 2.05) is 0 Å². The summed E-state index contributed by atoms with van der Waals surface area (Å²) < 4.78 is 2.62. The van der Waals surface area contributed by atoms with E-state index in [1.165, 1.54) is 228 Å². The van der Waals surface area contributed by atoms with Crippen LogP contribution >= 0.6 is 0 Å². The Labute approximate surface area is 637 Å². The summed E-state index contributed by atoms with van der Waals surface area (Å²) in [5.41, 5.74) is 32.3. The summed E-state index contributed by atoms with van der Waals surface area (Å²) in [7, 11) is 0. The molecule has 2 unspecified atom stereocenters. The van der Waals surface area contributed by atoms with E-state index in [2.05, 4.69) is 339 Å². The third-order valence-corrected chi connectivity index (χ3v) is 26.0. The minimum atomic E-state index is -0.125. The average molecular weight is 1400 g/mol. The molecule has 3 fully saturated rings. The first-order valence-electron chi connectivity index (χ1n) is 41.1. The van der Waals surface area contributed by atoms with Crippen molar-refractivity contribution in [2.75, 3.05) is 9.80 Å². The predicted molar refractivity (Wildman–Crippen MR) is 460 cm³/mol. The van der Waals surface area contributed by atoms with Gasteiger partial charge in [0, 0.05) is 56.4 Å². The van der Waals surface area contributed by atoms with Gasteiger partial charge in [-0.2, -0.15) is 0 Å². The maximum absolute atomic E-state index is 3.15. The van der Waals surface area contributed by atoms with E-state index in [-0.39, 0.29) is 39.2 Å². The van der Waals surface area contributed by atoms with Crippen molar-refractivity contribution in [1.29, 1.82) is 0 Å². The second-order valence-corrected chi connectivity index (χ2v) is 39.5. The fourth-order valence-corrected chi connectivity index (χ4v) is 19.9. The molecule has 3 nitrogen and oxygen atoms in total. The van der Waals surface area contributed by atoms with Crippen molar-refractivity contribution >= 4 is 73.3 Å². The number of nitrogens with zero attached hydrogens (tertiary/aromatic N) is 3. The first-order chi connectivity index (χ1) is 50.4. The molecule has 2 atom stereocenters. The van der Waals surface area contributed by atoms with Crippen molar-refractivity contribution in [3.8, 4) is 50.2 Å². The second kappa shape index (κ2) is 26.8. The zero-order valence-corrected chi connectivity index (χ0v) is 67.6. The smallest absolute Gasteiger partial charge is 0.252 e. The number of hydrogen-bond acceptors (Lipinski definition) is 2. The fourth-order valence-electron chi connectivity index (χ4n) is 19.9. The minimum absolute atomic E-state index is 0.0345. The molecule has 0 amide bonds. The fraction of sp³-hybridized carbons (Fsp3) is 0.412. The molecular weight excluding hydrogens is 1280 g/mol. The highest BCUT2D eigenvalue weighted by molar-refractivity contribution is 7.00. The molecule has 2 aliphatic heterocycles. The quantitative estimate of drug-likeness (QED) is 0.133. The zero-order valence-electron chi connectivity index (χ0n) is 67.6. The Hall–Kier alpha value is -8.34. The van der Waals surface area contributed by atoms with Crippen LogP contribution in [0.5, 0.6) is 0 Å². The number of para-hydroxylation sites is 1. The average Bonchev–Trinajstić information content (AvgIpc) is 0.713. The second-order valence-electron chi connectivity index (χ2n) is 39.5. The van der Waals surface area contributed by atoms with Gasteiger partial charge in [-0.1, -0.05) is 341 Å². The van der Waals surface area contributed by atoms with Crippen molar-refractivity contribution in [2.45, 2.75) is 247 Å². The molecule has 0 spiro atoms. The van der Waals surface area contributed by atoms with Crippen molar-refractivity contribution < 1.29 is 0 Å². The van der Waals surface area contributed by atoms with Crippen LogP contribution in [0.4, 0.5) is 28.4 Å². The van der Waals surface area contributed by atoms with Crippen LogP contribution in [0.25, 0.3) is 72.0 Å². The number of rotatable bonds is 9. The Morgan fingerprint density at radius 2 is 0.745 bits per heavy atom. The van der Waals surface area contributed by atoms with E-state index < -0.39 is 0 Å². The molecule has 106 heavy (non-hydrogen) atoms. The maximum Gasteiger partial charge on any atom is 0.252 e. The van der Waals surface area contributed by atoms with Gasteiger partial charge in [0.05, 0.1) is 16.7 Å². The van der Waals surface area contributed by atoms with Crippen LogP contribution in [0.15, 0.2) is 200 Å². The first kappa shape index (κ1) is 71.9. The lowest BCUT2D eigenvalue weighted by Gasteiger charge is -2.55. The molecule has 0 N–H and O–H groups in total. The molecule has 3 heterocycles. The predicted octanol–water partition coefficient (Wildman–Crippen LogP) is 26.9. The maximum atomic E-state index is 3.15. The van der Waals surface area contributed by atoms with Gasteiger partial charge in [-0.05, 0) is 207 Å². The van der Waals surface area contributed by atoms with Crippen molar-refractivity contribution in [2.24, 2.45) is 23.7 Å². The van der Waals surface area contributed by atoms with E-state index in [4.69, 9.17) is 0 Å². The van der Waals surface area contributed by atoms with Gasteiger partial charge in [0.15, 0.2) is 0 Å². The molecule has 5 aliphatic rings. The van der Waals surface area contributed by atoms with Gasteiger partial charge >= 0.3 is 0 Å². The Kier molecular flexibility index (Phi) is 18.2. The summed E-state index contributed by atoms with van der Waals surface area (Å²) in [6.07, 6.45) is 17.4. The van der Waals surface area contributed by atoms with Crippen molar-refractivity contribution in [3.63, 3.8) is 0 Å². The van der Waals surface area contributed by atoms with E-state index >= 15 is 0 Å². The van der Waals surface area contributed by atoms with Crippen molar-refractivity contribution in [1.82, 2.24) is 4.57 Å². The summed E-state index contributed by atoms with van der Waals surface area (Å²) in [5, 5.41) is 2.60. The summed E-state index contributed by atoms with van der Waals surface area (Å²) >= 11 is 0. The molecule has 1 aromatic heterocycles. The molecule has 16 rings (SSSR count). The summed E-state index contributed by atoms with van der Waals surface area (Å²) in [4.78, 5) is 5.99. The monoisotopic (exact) mass is 1400 g/mol. The molecule has 11 aromatic rings. The van der Waals surface area contributed by atoms with Crippen LogP contribution in [0.1, 0.15) is 241 Å². The van der Waals surface area contributed by atoms with E-state index in [1.54, 1.807) is 0 Å². The Morgan fingerprint density at radius 3 is 1.21 bits per heavy atom. The highest BCUT2D eigenvalue weighted by Gasteiger charge is 2.51. The van der Waals surface area contributed by atoms with E-state index in [0.717, 1.165) is 5.69 Å². The Balaban J connectivity index is 1.09. The molecule has 0 radical (unpaired) electrons. The number of anilines is 5. The van der Waals surface area contributed by atoms with Crippen LogP contribution in [0, 0.1) is 23.7 Å². The lowest BCUT2D eigenvalue weighted by atomic mass is 9.33. The van der Waals surface area contributed by atoms with Gasteiger partial charge in [0.25, 0.3) is 6.71 Å². The topological polar surface area (TPSA) is 11.4 Å². The normalized spacial score (nSPS) is 18.5. The largest absolute Gasteiger partial charge is 0.339 e. The van der Waals surface area contributed by atoms with Gasteiger partial charge < -0.3 is 14.4 Å². The summed E-state index contributed by atoms with van der Waals surface area (Å²) in [6.45, 7) is 43.0. The van der Waals surface area contributed by atoms with Crippen molar-refractivity contribution in [3.05, 3.63) is 234 Å². The van der Waals surface area contributed by atoms with Gasteiger partial charge in [-0.3, -0.25) is 0 Å². The SMILES string of the molecule is CC(C)(C)c1cc(-c2ccc3c(c2)B2c4ccc(-n5c6ccc(C(C)(C)C)cc6c6cc(C(C)(C)C)ccc65)cc4N(c4c(-c5ccccc5)cccc4-c4ccccc4)c4cc(-c5cc(C(C)(C)C)cc(C(C)(C)C)c5)cc(c42)N3C2C(C3CCCCC3)CCCC2C2CCCCC2)cc(C(C)(C)C)c1. The highest BCUT2D eigenvalue weighted by atomic mass is 15.2. The zero-order chi connectivity index (χ0) is 74.3. The summed E-state index contributed by atoms with van der Waals surface area (Å²) in [5.74, 6) is 2.53. The first-order valence-corrected chi connectivity index (χ1v) is 41.1. The minimum Gasteiger partial charge on any atom is -0.339 e. The molecule has 3 saturated carbocycles. The molecule has 0 bridgehead atoms. The van der Waals surface area contributed by atoms with Crippen LogP contribution < -0.4 is 26.2 Å². The van der Waals surface area contributed by atoms with Crippen LogP contribution in [0.2, 0.25) is 0 Å². The molecular formula is C102H118BN3. The van der Waals surface area contributed by atoms with Gasteiger partial charge in [0.2, 0.25) is 0 Å². The van der Waals surface area contributed by atoms with E-state index in [0.29, 0.717) is 29.7 Å². The Bertz CT molecular complexity index is 4920. The summed E-state index contributed by atoms with van der Waals surface area (Å²) in [6, 6.07) is 81.6. The lowest BCUT2D eigenvalue weighted by molar-refractivity contribution is 0.0839. The molecule has 4 heteroatoms. The lowest BCUT2D eigenvalue weighted by Crippen LogP contribution is -2.64. The van der Waals surface area contributed by atoms with Crippen LogP contribution in [0.3, 0.4) is 0 Å². The molecule has 10 aromatic carbocycles. The van der Waals surface area contributed by atoms with Crippen LogP contribution in [-0.4, -0.2) is 17.3 Å². The van der Waals surface area contributed by atoms with Crippen LogP contribution in [-0.2, 0) is 32.5 Å². The number of fused-ring (bicyclic) bond motifs is 7. The molecule has 544 valence electrons. The third kappa shape index (κ3) is 13.1.